The molecule has 5 rings (SSSR count). The average Bonchev–Trinajstić information content (AvgIpc) is 3.56. The van der Waals surface area contributed by atoms with Gasteiger partial charge >= 0.3 is 0 Å². The molecule has 0 bridgehead atoms. The lowest BCUT2D eigenvalue weighted by Gasteiger charge is -2.28. The van der Waals surface area contributed by atoms with Gasteiger partial charge in [0, 0.05) is 24.4 Å². The molecular weight excluding hydrogens is 394 g/mol. The molecular formula is C24H23N3O2S. The molecule has 1 amide bonds. The van der Waals surface area contributed by atoms with E-state index in [0.29, 0.717) is 13.0 Å². The number of benzene rings is 1. The molecule has 0 fully saturated rings. The van der Waals surface area contributed by atoms with Crippen LogP contribution in [0, 0.1) is 0 Å². The number of hydrogen-bond donors (Lipinski definition) is 0. The maximum absolute atomic E-state index is 13.2. The Bertz CT molecular complexity index is 1060. The summed E-state index contributed by atoms with van der Waals surface area (Å²) in [5.74, 6) is 0.770. The number of amides is 1. The summed E-state index contributed by atoms with van der Waals surface area (Å²) in [7, 11) is 0. The van der Waals surface area contributed by atoms with Crippen LogP contribution in [0.2, 0.25) is 0 Å². The smallest absolute Gasteiger partial charge is 0.257 e. The summed E-state index contributed by atoms with van der Waals surface area (Å²) in [5, 5.41) is 8.38. The molecule has 30 heavy (non-hydrogen) atoms. The first-order chi connectivity index (χ1) is 14.8. The van der Waals surface area contributed by atoms with Gasteiger partial charge in [0.25, 0.3) is 5.91 Å². The zero-order valence-corrected chi connectivity index (χ0v) is 17.4. The van der Waals surface area contributed by atoms with Gasteiger partial charge in [-0.25, -0.2) is 5.01 Å². The van der Waals surface area contributed by atoms with Gasteiger partial charge in [0.1, 0.15) is 11.5 Å². The van der Waals surface area contributed by atoms with Crippen LogP contribution in [0.25, 0.3) is 5.57 Å². The monoisotopic (exact) mass is 417 g/mol. The van der Waals surface area contributed by atoms with E-state index in [1.54, 1.807) is 22.6 Å². The molecule has 0 radical (unpaired) electrons. The Morgan fingerprint density at radius 1 is 1.13 bits per heavy atom. The number of thiophene rings is 1. The van der Waals surface area contributed by atoms with E-state index in [2.05, 4.69) is 46.4 Å². The van der Waals surface area contributed by atoms with Crippen LogP contribution in [0.15, 0.2) is 81.8 Å². The van der Waals surface area contributed by atoms with Crippen LogP contribution in [0.3, 0.4) is 0 Å². The molecule has 0 unspecified atom stereocenters. The van der Waals surface area contributed by atoms with Crippen LogP contribution in [0.5, 0.6) is 0 Å². The van der Waals surface area contributed by atoms with Crippen molar-refractivity contribution >= 4 is 28.5 Å². The molecule has 0 saturated heterocycles. The van der Waals surface area contributed by atoms with Gasteiger partial charge in [-0.3, -0.25) is 9.69 Å². The minimum absolute atomic E-state index is 0.0338. The van der Waals surface area contributed by atoms with E-state index in [1.165, 1.54) is 11.1 Å². The zero-order chi connectivity index (χ0) is 20.3. The molecule has 0 aliphatic carbocycles. The summed E-state index contributed by atoms with van der Waals surface area (Å²) in [6.07, 6.45) is 5.52. The van der Waals surface area contributed by atoms with E-state index in [9.17, 15) is 4.79 Å². The molecule has 2 aromatic heterocycles. The molecule has 5 nitrogen and oxygen atoms in total. The molecule has 0 N–H and O–H groups in total. The number of furan rings is 1. The fourth-order valence-electron chi connectivity index (χ4n) is 4.07. The third-order valence-corrected chi connectivity index (χ3v) is 6.61. The quantitative estimate of drug-likeness (QED) is 0.599. The Morgan fingerprint density at radius 3 is 2.73 bits per heavy atom. The fourth-order valence-corrected chi connectivity index (χ4v) is 4.88. The van der Waals surface area contributed by atoms with Crippen molar-refractivity contribution in [3.8, 4) is 0 Å². The summed E-state index contributed by atoms with van der Waals surface area (Å²) < 4.78 is 5.53. The number of hydrogen-bond acceptors (Lipinski definition) is 5. The predicted octanol–water partition coefficient (Wildman–Crippen LogP) is 4.81. The van der Waals surface area contributed by atoms with Crippen molar-refractivity contribution in [1.82, 2.24) is 9.91 Å². The summed E-state index contributed by atoms with van der Waals surface area (Å²) >= 11 is 1.66. The Balaban J connectivity index is 1.30. The topological polar surface area (TPSA) is 49.1 Å². The molecule has 1 atom stereocenters. The third-order valence-electron chi connectivity index (χ3n) is 5.64. The highest BCUT2D eigenvalue weighted by Crippen LogP contribution is 2.35. The van der Waals surface area contributed by atoms with Crippen LogP contribution in [0.1, 0.15) is 35.1 Å². The molecule has 3 aromatic rings. The van der Waals surface area contributed by atoms with E-state index >= 15 is 0 Å². The second kappa shape index (κ2) is 8.42. The van der Waals surface area contributed by atoms with Crippen molar-refractivity contribution in [1.29, 1.82) is 0 Å². The Labute approximate surface area is 179 Å². The molecule has 2 aliphatic rings. The van der Waals surface area contributed by atoms with Crippen molar-refractivity contribution < 1.29 is 9.21 Å². The van der Waals surface area contributed by atoms with Gasteiger partial charge in [0.15, 0.2) is 0 Å². The maximum atomic E-state index is 13.2. The number of nitrogens with zero attached hydrogens (tertiary/aromatic N) is 3. The van der Waals surface area contributed by atoms with Crippen molar-refractivity contribution in [3.63, 3.8) is 0 Å². The SMILES string of the molecule is O=C(CN1CC=C(c2ccccc2)CC1)N1N=C(c2ccco2)C[C@H]1c1cccs1. The lowest BCUT2D eigenvalue weighted by atomic mass is 9.99. The lowest BCUT2D eigenvalue weighted by Crippen LogP contribution is -2.39. The number of carbonyl (C=O) groups is 1. The lowest BCUT2D eigenvalue weighted by molar-refractivity contribution is -0.134. The van der Waals surface area contributed by atoms with Crippen LogP contribution < -0.4 is 0 Å². The minimum atomic E-state index is -0.0576. The van der Waals surface area contributed by atoms with E-state index < -0.39 is 0 Å². The highest BCUT2D eigenvalue weighted by molar-refractivity contribution is 7.10. The highest BCUT2D eigenvalue weighted by atomic mass is 32.1. The van der Waals surface area contributed by atoms with Gasteiger partial charge in [-0.2, -0.15) is 5.10 Å². The molecule has 152 valence electrons. The molecule has 6 heteroatoms. The normalized spacial score (nSPS) is 19.6. The summed E-state index contributed by atoms with van der Waals surface area (Å²) in [4.78, 5) is 16.6. The van der Waals surface area contributed by atoms with Gasteiger partial charge in [-0.15, -0.1) is 11.3 Å². The van der Waals surface area contributed by atoms with Gasteiger partial charge in [0.2, 0.25) is 0 Å². The maximum Gasteiger partial charge on any atom is 0.257 e. The molecule has 2 aliphatic heterocycles. The fraction of sp³-hybridized carbons (Fsp3) is 0.250. The van der Waals surface area contributed by atoms with E-state index in [0.717, 1.165) is 35.9 Å². The van der Waals surface area contributed by atoms with Gasteiger partial charge < -0.3 is 4.42 Å². The van der Waals surface area contributed by atoms with Crippen LogP contribution in [-0.4, -0.2) is 41.2 Å². The number of rotatable bonds is 5. The molecule has 4 heterocycles. The van der Waals surface area contributed by atoms with E-state index in [-0.39, 0.29) is 11.9 Å². The Morgan fingerprint density at radius 2 is 2.03 bits per heavy atom. The molecule has 0 spiro atoms. The Hall–Kier alpha value is -2.96. The standard InChI is InChI=1S/C24H23N3O2S/c28-24(17-26-12-10-19(11-13-26)18-6-2-1-3-7-18)27-21(23-9-5-15-30-23)16-20(25-27)22-8-4-14-29-22/h1-10,14-15,21H,11-13,16-17H2/t21-/m0/s1. The third kappa shape index (κ3) is 3.88. The van der Waals surface area contributed by atoms with E-state index in [1.807, 2.05) is 29.6 Å². The summed E-state index contributed by atoms with van der Waals surface area (Å²) in [6.45, 7) is 2.02. The minimum Gasteiger partial charge on any atom is -0.463 e. The second-order valence-corrected chi connectivity index (χ2v) is 8.56. The van der Waals surface area contributed by atoms with Crippen molar-refractivity contribution in [3.05, 3.63) is 88.5 Å². The van der Waals surface area contributed by atoms with Gasteiger partial charge in [0.05, 0.1) is 18.8 Å². The molecule has 1 aromatic carbocycles. The zero-order valence-electron chi connectivity index (χ0n) is 16.6. The first kappa shape index (κ1) is 19.0. The average molecular weight is 418 g/mol. The van der Waals surface area contributed by atoms with Crippen LogP contribution >= 0.6 is 11.3 Å². The first-order valence-corrected chi connectivity index (χ1v) is 11.1. The van der Waals surface area contributed by atoms with Crippen molar-refractivity contribution in [2.45, 2.75) is 18.9 Å². The van der Waals surface area contributed by atoms with E-state index in [4.69, 9.17) is 4.42 Å². The highest BCUT2D eigenvalue weighted by Gasteiger charge is 2.35. The largest absolute Gasteiger partial charge is 0.463 e. The number of carbonyl (C=O) groups excluding carboxylic acids is 1. The van der Waals surface area contributed by atoms with Crippen LogP contribution in [-0.2, 0) is 4.79 Å². The van der Waals surface area contributed by atoms with Gasteiger partial charge in [-0.05, 0) is 41.1 Å². The second-order valence-electron chi connectivity index (χ2n) is 7.58. The van der Waals surface area contributed by atoms with Crippen molar-refractivity contribution in [2.75, 3.05) is 19.6 Å². The number of hydrazone groups is 1. The summed E-state index contributed by atoms with van der Waals surface area (Å²) in [5.41, 5.74) is 3.46. The first-order valence-electron chi connectivity index (χ1n) is 10.2. The Kier molecular flexibility index (Phi) is 5.34. The van der Waals surface area contributed by atoms with Crippen molar-refractivity contribution in [2.24, 2.45) is 5.10 Å². The van der Waals surface area contributed by atoms with Gasteiger partial charge in [-0.1, -0.05) is 42.5 Å². The summed E-state index contributed by atoms with van der Waals surface area (Å²) in [6, 6.07) is 18.3. The predicted molar refractivity (Wildman–Crippen MR) is 119 cm³/mol. The van der Waals surface area contributed by atoms with Crippen LogP contribution in [0.4, 0.5) is 0 Å². The molecule has 0 saturated carbocycles.